The summed E-state index contributed by atoms with van der Waals surface area (Å²) in [6.45, 7) is 0.282. The number of hydrogen-bond donors (Lipinski definition) is 2. The Morgan fingerprint density at radius 1 is 1.35 bits per heavy atom. The van der Waals surface area contributed by atoms with Crippen LogP contribution in [0.15, 0.2) is 24.3 Å². The molecule has 0 heterocycles. The molecule has 0 aliphatic heterocycles. The molecule has 0 atom stereocenters. The highest BCUT2D eigenvalue weighted by Gasteiger charge is 2.11. The number of nitriles is 1. The summed E-state index contributed by atoms with van der Waals surface area (Å²) in [5.74, 6) is -1.33. The van der Waals surface area contributed by atoms with E-state index in [0.29, 0.717) is 5.56 Å². The number of nitrogens with one attached hydrogen (secondary N) is 1. The molecule has 5 heteroatoms. The van der Waals surface area contributed by atoms with Crippen LogP contribution in [-0.2, 0) is 11.2 Å². The lowest BCUT2D eigenvalue weighted by molar-refractivity contribution is -0.120. The number of hydrogen-bond acceptors (Lipinski definition) is 3. The van der Waals surface area contributed by atoms with Crippen molar-refractivity contribution in [2.45, 2.75) is 12.8 Å². The van der Waals surface area contributed by atoms with Gasteiger partial charge < -0.3 is 10.4 Å². The van der Waals surface area contributed by atoms with Gasteiger partial charge in [0.15, 0.2) is 0 Å². The summed E-state index contributed by atoms with van der Waals surface area (Å²) in [5.41, 5.74) is 0.595. The number of carbonyl (C=O) groups excluding carboxylic acids is 1. The van der Waals surface area contributed by atoms with E-state index in [-0.39, 0.29) is 30.9 Å². The van der Waals surface area contributed by atoms with Crippen LogP contribution in [0.5, 0.6) is 0 Å². The number of benzene rings is 1. The number of carboxylic acids is 1. The Labute approximate surface area is 98.7 Å². The van der Waals surface area contributed by atoms with E-state index < -0.39 is 5.97 Å². The highest BCUT2D eigenvalue weighted by atomic mass is 16.4. The predicted octanol–water partition coefficient (Wildman–Crippen LogP) is 0.957. The first-order valence-electron chi connectivity index (χ1n) is 5.10. The average molecular weight is 232 g/mol. The second-order valence-corrected chi connectivity index (χ2v) is 3.40. The van der Waals surface area contributed by atoms with Crippen molar-refractivity contribution in [3.8, 4) is 6.07 Å². The van der Waals surface area contributed by atoms with Crippen molar-refractivity contribution < 1.29 is 14.7 Å². The Balaban J connectivity index is 2.65. The highest BCUT2D eigenvalue weighted by Crippen LogP contribution is 2.09. The van der Waals surface area contributed by atoms with Gasteiger partial charge in [-0.3, -0.25) is 4.79 Å². The molecular formula is C12H12N2O3. The maximum absolute atomic E-state index is 11.4. The minimum absolute atomic E-state index is 0.00784. The van der Waals surface area contributed by atoms with Gasteiger partial charge >= 0.3 is 5.97 Å². The van der Waals surface area contributed by atoms with Crippen LogP contribution >= 0.6 is 0 Å². The molecule has 0 saturated carbocycles. The van der Waals surface area contributed by atoms with E-state index in [0.717, 1.165) is 0 Å². The molecule has 0 fully saturated rings. The van der Waals surface area contributed by atoms with Crippen molar-refractivity contribution in [1.29, 1.82) is 5.26 Å². The van der Waals surface area contributed by atoms with Gasteiger partial charge in [0.25, 0.3) is 0 Å². The standard InChI is InChI=1S/C12H12N2O3/c13-6-3-7-14-11(15)8-9-4-1-2-5-10(9)12(16)17/h1-2,4-5H,3,7-8H2,(H,14,15)(H,16,17). The van der Waals surface area contributed by atoms with Crippen molar-refractivity contribution >= 4 is 11.9 Å². The van der Waals surface area contributed by atoms with E-state index in [1.165, 1.54) is 6.07 Å². The zero-order valence-electron chi connectivity index (χ0n) is 9.14. The number of carboxylic acid groups (broad SMARTS) is 1. The number of carbonyl (C=O) groups is 2. The van der Waals surface area contributed by atoms with E-state index in [1.807, 2.05) is 6.07 Å². The summed E-state index contributed by atoms with van der Waals surface area (Å²) >= 11 is 0. The van der Waals surface area contributed by atoms with Crippen LogP contribution in [0.1, 0.15) is 22.3 Å². The molecule has 0 bridgehead atoms. The van der Waals surface area contributed by atoms with Crippen molar-refractivity contribution in [2.24, 2.45) is 0 Å². The molecule has 1 amide bonds. The molecule has 2 N–H and O–H groups in total. The van der Waals surface area contributed by atoms with Gasteiger partial charge in [0.2, 0.25) is 5.91 Å². The summed E-state index contributed by atoms with van der Waals surface area (Å²) in [5, 5.41) is 19.8. The number of amides is 1. The Morgan fingerprint density at radius 3 is 2.71 bits per heavy atom. The molecule has 0 radical (unpaired) electrons. The van der Waals surface area contributed by atoms with Gasteiger partial charge in [-0.05, 0) is 11.6 Å². The van der Waals surface area contributed by atoms with Crippen LogP contribution in [0.25, 0.3) is 0 Å². The minimum atomic E-state index is -1.05. The maximum Gasteiger partial charge on any atom is 0.335 e. The van der Waals surface area contributed by atoms with Gasteiger partial charge in [0.05, 0.1) is 24.5 Å². The predicted molar refractivity (Wildman–Crippen MR) is 60.3 cm³/mol. The molecule has 0 aromatic heterocycles. The molecule has 0 saturated heterocycles. The third kappa shape index (κ3) is 3.95. The molecule has 0 spiro atoms. The van der Waals surface area contributed by atoms with E-state index in [2.05, 4.69) is 5.32 Å². The van der Waals surface area contributed by atoms with Gasteiger partial charge in [-0.25, -0.2) is 4.79 Å². The average Bonchev–Trinajstić information content (AvgIpc) is 2.29. The number of rotatable bonds is 5. The van der Waals surface area contributed by atoms with Crippen LogP contribution < -0.4 is 5.32 Å². The Kier molecular flexibility index (Phi) is 4.70. The summed E-state index contributed by atoms with van der Waals surface area (Å²) < 4.78 is 0. The summed E-state index contributed by atoms with van der Waals surface area (Å²) in [6.07, 6.45) is 0.250. The Bertz CT molecular complexity index is 463. The van der Waals surface area contributed by atoms with E-state index in [9.17, 15) is 9.59 Å². The fourth-order valence-electron chi connectivity index (χ4n) is 1.38. The first kappa shape index (κ1) is 12.7. The third-order valence-corrected chi connectivity index (χ3v) is 2.16. The zero-order chi connectivity index (χ0) is 12.7. The van der Waals surface area contributed by atoms with Crippen LogP contribution in [0.2, 0.25) is 0 Å². The zero-order valence-corrected chi connectivity index (χ0v) is 9.14. The van der Waals surface area contributed by atoms with E-state index in [4.69, 9.17) is 10.4 Å². The number of aromatic carboxylic acids is 1. The topological polar surface area (TPSA) is 90.2 Å². The Morgan fingerprint density at radius 2 is 2.06 bits per heavy atom. The Hall–Kier alpha value is -2.35. The van der Waals surface area contributed by atoms with Crippen molar-refractivity contribution in [3.05, 3.63) is 35.4 Å². The van der Waals surface area contributed by atoms with Gasteiger partial charge in [-0.15, -0.1) is 0 Å². The molecule has 88 valence electrons. The summed E-state index contributed by atoms with van der Waals surface area (Å²) in [6, 6.07) is 8.27. The van der Waals surface area contributed by atoms with Crippen molar-refractivity contribution in [1.82, 2.24) is 5.32 Å². The lowest BCUT2D eigenvalue weighted by Crippen LogP contribution is -2.26. The van der Waals surface area contributed by atoms with Crippen LogP contribution in [0.3, 0.4) is 0 Å². The van der Waals surface area contributed by atoms with E-state index >= 15 is 0 Å². The van der Waals surface area contributed by atoms with Crippen molar-refractivity contribution in [2.75, 3.05) is 6.54 Å². The first-order valence-corrected chi connectivity index (χ1v) is 5.10. The quantitative estimate of drug-likeness (QED) is 0.740. The smallest absolute Gasteiger partial charge is 0.335 e. The summed E-state index contributed by atoms with van der Waals surface area (Å²) in [4.78, 5) is 22.3. The fourth-order valence-corrected chi connectivity index (χ4v) is 1.38. The monoisotopic (exact) mass is 232 g/mol. The van der Waals surface area contributed by atoms with Gasteiger partial charge in [0.1, 0.15) is 0 Å². The van der Waals surface area contributed by atoms with Crippen molar-refractivity contribution in [3.63, 3.8) is 0 Å². The van der Waals surface area contributed by atoms with Crippen LogP contribution in [0.4, 0.5) is 0 Å². The molecule has 0 aliphatic rings. The second-order valence-electron chi connectivity index (χ2n) is 3.40. The molecule has 1 aromatic rings. The third-order valence-electron chi connectivity index (χ3n) is 2.16. The lowest BCUT2D eigenvalue weighted by atomic mass is 10.0. The molecule has 1 aromatic carbocycles. The van der Waals surface area contributed by atoms with Crippen LogP contribution in [-0.4, -0.2) is 23.5 Å². The van der Waals surface area contributed by atoms with E-state index in [1.54, 1.807) is 18.2 Å². The first-order chi connectivity index (χ1) is 8.15. The fraction of sp³-hybridized carbons (Fsp3) is 0.250. The maximum atomic E-state index is 11.4. The highest BCUT2D eigenvalue weighted by molar-refractivity contribution is 5.91. The largest absolute Gasteiger partial charge is 0.478 e. The lowest BCUT2D eigenvalue weighted by Gasteiger charge is -2.05. The second kappa shape index (κ2) is 6.28. The summed E-state index contributed by atoms with van der Waals surface area (Å²) in [7, 11) is 0. The molecule has 0 aliphatic carbocycles. The molecule has 0 unspecified atom stereocenters. The molecule has 17 heavy (non-hydrogen) atoms. The van der Waals surface area contributed by atoms with Gasteiger partial charge in [-0.1, -0.05) is 18.2 Å². The van der Waals surface area contributed by atoms with Gasteiger partial charge in [-0.2, -0.15) is 5.26 Å². The molecule has 5 nitrogen and oxygen atoms in total. The van der Waals surface area contributed by atoms with Crippen LogP contribution in [0, 0.1) is 11.3 Å². The molecule has 1 rings (SSSR count). The van der Waals surface area contributed by atoms with Gasteiger partial charge in [0, 0.05) is 6.54 Å². The normalized spacial score (nSPS) is 9.35. The SMILES string of the molecule is N#CCCNC(=O)Cc1ccccc1C(=O)O. The molecular weight excluding hydrogens is 220 g/mol. The minimum Gasteiger partial charge on any atom is -0.478 e. The number of nitrogens with zero attached hydrogens (tertiary/aromatic N) is 1.